The van der Waals surface area contributed by atoms with Crippen LogP contribution in [0.4, 0.5) is 15.8 Å². The molecule has 6 nitrogen and oxygen atoms in total. The molecule has 2 aromatic rings. The summed E-state index contributed by atoms with van der Waals surface area (Å²) in [6, 6.07) is 10.6. The van der Waals surface area contributed by atoms with Crippen molar-refractivity contribution in [3.8, 4) is 0 Å². The summed E-state index contributed by atoms with van der Waals surface area (Å²) >= 11 is 3.33. The SMILES string of the molecule is NC(=O)c1ccc(F)c(NC(=O)[C@H]2CC(=O)N(c3ccc(Br)cc3)C2)c1. The van der Waals surface area contributed by atoms with E-state index >= 15 is 0 Å². The minimum Gasteiger partial charge on any atom is -0.366 e. The van der Waals surface area contributed by atoms with Crippen molar-refractivity contribution in [1.29, 1.82) is 0 Å². The van der Waals surface area contributed by atoms with E-state index in [0.29, 0.717) is 5.69 Å². The zero-order valence-electron chi connectivity index (χ0n) is 13.5. The third-order valence-electron chi connectivity index (χ3n) is 4.14. The van der Waals surface area contributed by atoms with Crippen molar-refractivity contribution in [3.05, 3.63) is 58.3 Å². The van der Waals surface area contributed by atoms with Crippen molar-refractivity contribution in [2.75, 3.05) is 16.8 Å². The molecule has 0 radical (unpaired) electrons. The summed E-state index contributed by atoms with van der Waals surface area (Å²) < 4.78 is 14.8. The van der Waals surface area contributed by atoms with Gasteiger partial charge in [0.1, 0.15) is 5.82 Å². The van der Waals surface area contributed by atoms with Crippen molar-refractivity contribution in [2.24, 2.45) is 11.7 Å². The molecule has 1 heterocycles. The molecule has 0 aromatic heterocycles. The van der Waals surface area contributed by atoms with Crippen LogP contribution in [0.3, 0.4) is 0 Å². The summed E-state index contributed by atoms with van der Waals surface area (Å²) in [6.07, 6.45) is 0.0268. The van der Waals surface area contributed by atoms with Crippen molar-refractivity contribution in [3.63, 3.8) is 0 Å². The Bertz CT molecular complexity index is 886. The van der Waals surface area contributed by atoms with Gasteiger partial charge in [0, 0.05) is 28.7 Å². The van der Waals surface area contributed by atoms with Crippen LogP contribution in [0.2, 0.25) is 0 Å². The molecule has 3 rings (SSSR count). The molecular formula is C18H15BrFN3O3. The molecule has 1 aliphatic rings. The van der Waals surface area contributed by atoms with Crippen molar-refractivity contribution >= 4 is 45.0 Å². The second-order valence-corrected chi connectivity index (χ2v) is 6.85. The average Bonchev–Trinajstić information content (AvgIpc) is 2.99. The van der Waals surface area contributed by atoms with Gasteiger partial charge in [-0.3, -0.25) is 14.4 Å². The maximum absolute atomic E-state index is 13.9. The number of carbonyl (C=O) groups is 3. The van der Waals surface area contributed by atoms with Gasteiger partial charge < -0.3 is 16.0 Å². The van der Waals surface area contributed by atoms with Crippen molar-refractivity contribution in [1.82, 2.24) is 0 Å². The number of nitrogens with one attached hydrogen (secondary N) is 1. The molecule has 3 amide bonds. The second-order valence-electron chi connectivity index (χ2n) is 5.93. The van der Waals surface area contributed by atoms with E-state index in [9.17, 15) is 18.8 Å². The fourth-order valence-electron chi connectivity index (χ4n) is 2.76. The first-order valence-electron chi connectivity index (χ1n) is 7.81. The van der Waals surface area contributed by atoms with Gasteiger partial charge in [-0.1, -0.05) is 15.9 Å². The van der Waals surface area contributed by atoms with Crippen LogP contribution < -0.4 is 16.0 Å². The normalized spacial score (nSPS) is 16.6. The summed E-state index contributed by atoms with van der Waals surface area (Å²) in [5.74, 6) is -2.70. The lowest BCUT2D eigenvalue weighted by Crippen LogP contribution is -2.28. The first-order chi connectivity index (χ1) is 12.3. The maximum Gasteiger partial charge on any atom is 0.248 e. The highest BCUT2D eigenvalue weighted by Gasteiger charge is 2.35. The molecule has 134 valence electrons. The number of hydrogen-bond donors (Lipinski definition) is 2. The van der Waals surface area contributed by atoms with Gasteiger partial charge >= 0.3 is 0 Å². The predicted molar refractivity (Wildman–Crippen MR) is 98.1 cm³/mol. The Morgan fingerprint density at radius 2 is 1.88 bits per heavy atom. The summed E-state index contributed by atoms with van der Waals surface area (Å²) in [7, 11) is 0. The van der Waals surface area contributed by atoms with Gasteiger partial charge in [-0.15, -0.1) is 0 Å². The van der Waals surface area contributed by atoms with Crippen molar-refractivity contribution in [2.45, 2.75) is 6.42 Å². The van der Waals surface area contributed by atoms with E-state index in [2.05, 4.69) is 21.2 Å². The van der Waals surface area contributed by atoms with Crippen LogP contribution in [0.5, 0.6) is 0 Å². The number of nitrogens with two attached hydrogens (primary N) is 1. The molecular weight excluding hydrogens is 405 g/mol. The first-order valence-corrected chi connectivity index (χ1v) is 8.60. The fraction of sp³-hybridized carbons (Fsp3) is 0.167. The van der Waals surface area contributed by atoms with Crippen LogP contribution in [0.1, 0.15) is 16.8 Å². The highest BCUT2D eigenvalue weighted by atomic mass is 79.9. The molecule has 8 heteroatoms. The minimum atomic E-state index is -0.724. The molecule has 0 saturated carbocycles. The van der Waals surface area contributed by atoms with Crippen LogP contribution >= 0.6 is 15.9 Å². The van der Waals surface area contributed by atoms with Gasteiger partial charge in [-0.2, -0.15) is 0 Å². The molecule has 3 N–H and O–H groups in total. The second kappa shape index (κ2) is 7.25. The smallest absolute Gasteiger partial charge is 0.248 e. The number of nitrogens with zero attached hydrogens (tertiary/aromatic N) is 1. The Kier molecular flexibility index (Phi) is 5.03. The van der Waals surface area contributed by atoms with Crippen LogP contribution in [-0.2, 0) is 9.59 Å². The maximum atomic E-state index is 13.9. The molecule has 1 saturated heterocycles. The molecule has 0 bridgehead atoms. The number of anilines is 2. The highest BCUT2D eigenvalue weighted by molar-refractivity contribution is 9.10. The topological polar surface area (TPSA) is 92.5 Å². The number of hydrogen-bond acceptors (Lipinski definition) is 3. The third kappa shape index (κ3) is 3.75. The van der Waals surface area contributed by atoms with Gasteiger partial charge in [0.25, 0.3) is 0 Å². The van der Waals surface area contributed by atoms with Gasteiger partial charge in [0.15, 0.2) is 0 Å². The van der Waals surface area contributed by atoms with E-state index in [0.717, 1.165) is 10.5 Å². The predicted octanol–water partition coefficient (Wildman–Crippen LogP) is 2.68. The Labute approximate surface area is 157 Å². The summed E-state index contributed by atoms with van der Waals surface area (Å²) in [4.78, 5) is 37.4. The Morgan fingerprint density at radius 3 is 2.54 bits per heavy atom. The Morgan fingerprint density at radius 1 is 1.19 bits per heavy atom. The number of benzene rings is 2. The molecule has 2 aromatic carbocycles. The van der Waals surface area contributed by atoms with E-state index in [4.69, 9.17) is 5.73 Å². The molecule has 0 spiro atoms. The minimum absolute atomic E-state index is 0.0268. The van der Waals surface area contributed by atoms with E-state index in [1.807, 2.05) is 0 Å². The van der Waals surface area contributed by atoms with E-state index in [1.54, 1.807) is 24.3 Å². The number of halogens is 2. The molecule has 0 unspecified atom stereocenters. The molecule has 1 atom stereocenters. The number of primary amides is 1. The van der Waals surface area contributed by atoms with Crippen LogP contribution in [0.25, 0.3) is 0 Å². The van der Waals surface area contributed by atoms with Crippen LogP contribution in [-0.4, -0.2) is 24.3 Å². The zero-order chi connectivity index (χ0) is 18.8. The number of rotatable bonds is 4. The van der Waals surface area contributed by atoms with Gasteiger partial charge in [0.2, 0.25) is 17.7 Å². The lowest BCUT2D eigenvalue weighted by molar-refractivity contribution is -0.122. The van der Waals surface area contributed by atoms with E-state index in [-0.39, 0.29) is 30.1 Å². The van der Waals surface area contributed by atoms with Gasteiger partial charge in [-0.25, -0.2) is 4.39 Å². The van der Waals surface area contributed by atoms with E-state index < -0.39 is 23.5 Å². The largest absolute Gasteiger partial charge is 0.366 e. The molecule has 0 aliphatic carbocycles. The summed E-state index contributed by atoms with van der Waals surface area (Å²) in [6.45, 7) is 0.198. The lowest BCUT2D eigenvalue weighted by atomic mass is 10.1. The third-order valence-corrected chi connectivity index (χ3v) is 4.67. The van der Waals surface area contributed by atoms with Gasteiger partial charge in [-0.05, 0) is 42.5 Å². The quantitative estimate of drug-likeness (QED) is 0.797. The number of amides is 3. The standard InChI is InChI=1S/C18H15BrFN3O3/c19-12-2-4-13(5-3-12)23-9-11(8-16(23)24)18(26)22-15-7-10(17(21)25)1-6-14(15)20/h1-7,11H,8-9H2,(H2,21,25)(H,22,26)/t11-/m0/s1. The summed E-state index contributed by atoms with van der Waals surface area (Å²) in [5, 5.41) is 2.44. The molecule has 1 aliphatic heterocycles. The van der Waals surface area contributed by atoms with Crippen molar-refractivity contribution < 1.29 is 18.8 Å². The highest BCUT2D eigenvalue weighted by Crippen LogP contribution is 2.27. The molecule has 26 heavy (non-hydrogen) atoms. The zero-order valence-corrected chi connectivity index (χ0v) is 15.1. The Balaban J connectivity index is 1.73. The lowest BCUT2D eigenvalue weighted by Gasteiger charge is -2.17. The monoisotopic (exact) mass is 419 g/mol. The number of carbonyl (C=O) groups excluding carboxylic acids is 3. The van der Waals surface area contributed by atoms with Crippen LogP contribution in [0, 0.1) is 11.7 Å². The fourth-order valence-corrected chi connectivity index (χ4v) is 3.03. The first kappa shape index (κ1) is 18.1. The molecule has 1 fully saturated rings. The average molecular weight is 420 g/mol. The van der Waals surface area contributed by atoms with Crippen LogP contribution in [0.15, 0.2) is 46.9 Å². The summed E-state index contributed by atoms with van der Waals surface area (Å²) in [5.41, 5.74) is 5.80. The van der Waals surface area contributed by atoms with Gasteiger partial charge in [0.05, 0.1) is 11.6 Å². The van der Waals surface area contributed by atoms with E-state index in [1.165, 1.54) is 17.0 Å². The Hall–Kier alpha value is -2.74.